The van der Waals surface area contributed by atoms with E-state index in [1.165, 1.54) is 6.07 Å². The van der Waals surface area contributed by atoms with E-state index in [9.17, 15) is 14.0 Å². The highest BCUT2D eigenvalue weighted by atomic mass is 19.1. The third-order valence-corrected chi connectivity index (χ3v) is 4.21. The van der Waals surface area contributed by atoms with Gasteiger partial charge in [0.2, 0.25) is 11.8 Å². The molecule has 0 saturated carbocycles. The number of likely N-dealkylation sites (tertiary alicyclic amines) is 1. The van der Waals surface area contributed by atoms with Crippen molar-refractivity contribution in [1.29, 1.82) is 0 Å². The van der Waals surface area contributed by atoms with Crippen LogP contribution in [0, 0.1) is 17.7 Å². The standard InChI is InChI=1S/C18H25FN2O2/c1-13(2)11-17(22)21-9-7-14(8-10-21)18(23)20-12-15-5-3-4-6-16(15)19/h3-6,13-14H,7-12H2,1-2H3,(H,20,23). The zero-order chi connectivity index (χ0) is 16.8. The molecule has 1 aromatic rings. The van der Waals surface area contributed by atoms with Gasteiger partial charge in [-0.3, -0.25) is 9.59 Å². The van der Waals surface area contributed by atoms with Gasteiger partial charge >= 0.3 is 0 Å². The molecular weight excluding hydrogens is 295 g/mol. The average Bonchev–Trinajstić information content (AvgIpc) is 2.53. The van der Waals surface area contributed by atoms with E-state index >= 15 is 0 Å². The molecule has 1 fully saturated rings. The van der Waals surface area contributed by atoms with E-state index in [1.54, 1.807) is 18.2 Å². The lowest BCUT2D eigenvalue weighted by Gasteiger charge is -2.31. The molecule has 0 unspecified atom stereocenters. The van der Waals surface area contributed by atoms with Gasteiger partial charge < -0.3 is 10.2 Å². The van der Waals surface area contributed by atoms with Gasteiger partial charge in [0.15, 0.2) is 0 Å². The second-order valence-electron chi connectivity index (χ2n) is 6.56. The number of carbonyl (C=O) groups is 2. The summed E-state index contributed by atoms with van der Waals surface area (Å²) in [7, 11) is 0. The van der Waals surface area contributed by atoms with Crippen molar-refractivity contribution in [2.45, 2.75) is 39.7 Å². The molecule has 23 heavy (non-hydrogen) atoms. The first kappa shape index (κ1) is 17.4. The van der Waals surface area contributed by atoms with Crippen LogP contribution in [-0.2, 0) is 16.1 Å². The number of piperidine rings is 1. The van der Waals surface area contributed by atoms with Crippen molar-refractivity contribution >= 4 is 11.8 Å². The molecule has 2 amide bonds. The second kappa shape index (κ2) is 8.09. The fourth-order valence-electron chi connectivity index (χ4n) is 2.84. The van der Waals surface area contributed by atoms with E-state index in [0.29, 0.717) is 43.8 Å². The van der Waals surface area contributed by atoms with Gasteiger partial charge in [-0.05, 0) is 24.8 Å². The molecule has 1 N–H and O–H groups in total. The fraction of sp³-hybridized carbons (Fsp3) is 0.556. The highest BCUT2D eigenvalue weighted by molar-refractivity contribution is 5.80. The first-order valence-electron chi connectivity index (χ1n) is 8.26. The fourth-order valence-corrected chi connectivity index (χ4v) is 2.84. The maximum absolute atomic E-state index is 13.5. The summed E-state index contributed by atoms with van der Waals surface area (Å²) in [6.45, 7) is 5.52. The zero-order valence-electron chi connectivity index (χ0n) is 13.8. The van der Waals surface area contributed by atoms with Crippen molar-refractivity contribution in [2.75, 3.05) is 13.1 Å². The van der Waals surface area contributed by atoms with E-state index in [0.717, 1.165) is 0 Å². The van der Waals surface area contributed by atoms with Gasteiger partial charge in [0.05, 0.1) is 0 Å². The average molecular weight is 320 g/mol. The minimum Gasteiger partial charge on any atom is -0.352 e. The molecular formula is C18H25FN2O2. The molecule has 1 saturated heterocycles. The van der Waals surface area contributed by atoms with E-state index in [4.69, 9.17) is 0 Å². The third-order valence-electron chi connectivity index (χ3n) is 4.21. The van der Waals surface area contributed by atoms with Crippen LogP contribution in [0.1, 0.15) is 38.7 Å². The van der Waals surface area contributed by atoms with Crippen LogP contribution < -0.4 is 5.32 Å². The molecule has 2 rings (SSSR count). The largest absolute Gasteiger partial charge is 0.352 e. The van der Waals surface area contributed by atoms with Crippen molar-refractivity contribution in [2.24, 2.45) is 11.8 Å². The Morgan fingerprint density at radius 1 is 1.26 bits per heavy atom. The van der Waals surface area contributed by atoms with Gasteiger partial charge in [-0.2, -0.15) is 0 Å². The summed E-state index contributed by atoms with van der Waals surface area (Å²) >= 11 is 0. The van der Waals surface area contributed by atoms with Crippen LogP contribution in [0.4, 0.5) is 4.39 Å². The lowest BCUT2D eigenvalue weighted by molar-refractivity contribution is -0.136. The summed E-state index contributed by atoms with van der Waals surface area (Å²) in [6.07, 6.45) is 1.91. The Labute approximate surface area is 137 Å². The van der Waals surface area contributed by atoms with Crippen LogP contribution in [0.5, 0.6) is 0 Å². The Balaban J connectivity index is 1.77. The Morgan fingerprint density at radius 3 is 2.52 bits per heavy atom. The van der Waals surface area contributed by atoms with E-state index in [2.05, 4.69) is 5.32 Å². The predicted molar refractivity (Wildman–Crippen MR) is 87.0 cm³/mol. The summed E-state index contributed by atoms with van der Waals surface area (Å²) in [5.41, 5.74) is 0.491. The number of amides is 2. The Hall–Kier alpha value is -1.91. The summed E-state index contributed by atoms with van der Waals surface area (Å²) in [4.78, 5) is 26.1. The first-order valence-corrected chi connectivity index (χ1v) is 8.26. The van der Waals surface area contributed by atoms with Crippen molar-refractivity contribution in [3.05, 3.63) is 35.6 Å². The normalized spacial score (nSPS) is 15.7. The van der Waals surface area contributed by atoms with Crippen molar-refractivity contribution in [3.63, 3.8) is 0 Å². The lowest BCUT2D eigenvalue weighted by atomic mass is 9.95. The van der Waals surface area contributed by atoms with Gasteiger partial charge in [0.25, 0.3) is 0 Å². The highest BCUT2D eigenvalue weighted by Crippen LogP contribution is 2.19. The smallest absolute Gasteiger partial charge is 0.223 e. The van der Waals surface area contributed by atoms with E-state index in [-0.39, 0.29) is 30.1 Å². The maximum Gasteiger partial charge on any atom is 0.223 e. The summed E-state index contributed by atoms with van der Waals surface area (Å²) in [5.74, 6) is 0.0745. The predicted octanol–water partition coefficient (Wildman–Crippen LogP) is 2.73. The Kier molecular flexibility index (Phi) is 6.13. The molecule has 0 aromatic heterocycles. The molecule has 1 heterocycles. The number of nitrogens with one attached hydrogen (secondary N) is 1. The Bertz CT molecular complexity index is 552. The van der Waals surface area contributed by atoms with Gasteiger partial charge in [-0.25, -0.2) is 4.39 Å². The van der Waals surface area contributed by atoms with Crippen molar-refractivity contribution in [3.8, 4) is 0 Å². The zero-order valence-corrected chi connectivity index (χ0v) is 13.8. The molecule has 0 atom stereocenters. The number of hydrogen-bond acceptors (Lipinski definition) is 2. The van der Waals surface area contributed by atoms with Gasteiger partial charge in [-0.1, -0.05) is 32.0 Å². The van der Waals surface area contributed by atoms with Crippen molar-refractivity contribution < 1.29 is 14.0 Å². The van der Waals surface area contributed by atoms with Crippen LogP contribution in [0.2, 0.25) is 0 Å². The van der Waals surface area contributed by atoms with Crippen LogP contribution in [0.25, 0.3) is 0 Å². The van der Waals surface area contributed by atoms with Gasteiger partial charge in [0, 0.05) is 37.5 Å². The SMILES string of the molecule is CC(C)CC(=O)N1CCC(C(=O)NCc2ccccc2F)CC1. The minimum absolute atomic E-state index is 0.0517. The topological polar surface area (TPSA) is 49.4 Å². The van der Waals surface area contributed by atoms with Crippen molar-refractivity contribution in [1.82, 2.24) is 10.2 Å². The number of benzene rings is 1. The van der Waals surface area contributed by atoms with Crippen LogP contribution >= 0.6 is 0 Å². The van der Waals surface area contributed by atoms with Crippen LogP contribution in [-0.4, -0.2) is 29.8 Å². The molecule has 1 aliphatic rings. The first-order chi connectivity index (χ1) is 11.0. The molecule has 126 valence electrons. The monoisotopic (exact) mass is 320 g/mol. The summed E-state index contributed by atoms with van der Waals surface area (Å²) in [6, 6.07) is 6.44. The molecule has 1 aliphatic heterocycles. The number of carbonyl (C=O) groups excluding carboxylic acids is 2. The Morgan fingerprint density at radius 2 is 1.91 bits per heavy atom. The number of nitrogens with zero attached hydrogens (tertiary/aromatic N) is 1. The molecule has 1 aromatic carbocycles. The number of hydrogen-bond donors (Lipinski definition) is 1. The summed E-state index contributed by atoms with van der Waals surface area (Å²) in [5, 5.41) is 2.80. The van der Waals surface area contributed by atoms with E-state index in [1.807, 2.05) is 18.7 Å². The molecule has 4 nitrogen and oxygen atoms in total. The van der Waals surface area contributed by atoms with E-state index < -0.39 is 0 Å². The molecule has 0 aliphatic carbocycles. The summed E-state index contributed by atoms with van der Waals surface area (Å²) < 4.78 is 13.5. The lowest BCUT2D eigenvalue weighted by Crippen LogP contribution is -2.43. The minimum atomic E-state index is -0.304. The quantitative estimate of drug-likeness (QED) is 0.907. The highest BCUT2D eigenvalue weighted by Gasteiger charge is 2.27. The number of rotatable bonds is 5. The molecule has 5 heteroatoms. The van der Waals surface area contributed by atoms with Crippen LogP contribution in [0.3, 0.4) is 0 Å². The second-order valence-corrected chi connectivity index (χ2v) is 6.56. The maximum atomic E-state index is 13.5. The molecule has 0 radical (unpaired) electrons. The molecule has 0 bridgehead atoms. The van der Waals surface area contributed by atoms with Gasteiger partial charge in [-0.15, -0.1) is 0 Å². The molecule has 0 spiro atoms. The van der Waals surface area contributed by atoms with Gasteiger partial charge in [0.1, 0.15) is 5.82 Å². The third kappa shape index (κ3) is 5.05. The number of halogens is 1. The van der Waals surface area contributed by atoms with Crippen LogP contribution in [0.15, 0.2) is 24.3 Å².